The lowest BCUT2D eigenvalue weighted by Crippen LogP contribution is -2.38. The number of aromatic nitrogens is 2. The zero-order valence-corrected chi connectivity index (χ0v) is 20.4. The summed E-state index contributed by atoms with van der Waals surface area (Å²) in [6, 6.07) is -1.13. The molecule has 0 spiro atoms. The number of nitrogens with zero attached hydrogens (tertiary/aromatic N) is 3. The maximum Gasteiger partial charge on any atom is 0.408 e. The third-order valence-electron chi connectivity index (χ3n) is 6.26. The minimum absolute atomic E-state index is 0.00827. The van der Waals surface area contributed by atoms with E-state index in [0.717, 1.165) is 25.1 Å². The summed E-state index contributed by atoms with van der Waals surface area (Å²) in [5, 5.41) is 2.07. The van der Waals surface area contributed by atoms with Crippen molar-refractivity contribution in [3.63, 3.8) is 0 Å². The number of thiazole rings is 1. The molecule has 1 aliphatic carbocycles. The summed E-state index contributed by atoms with van der Waals surface area (Å²) < 4.78 is 73.5. The number of amides is 1. The Bertz CT molecular complexity index is 1140. The molecule has 2 aromatic rings. The second-order valence-electron chi connectivity index (χ2n) is 8.87. The van der Waals surface area contributed by atoms with Gasteiger partial charge in [0.25, 0.3) is 12.3 Å². The van der Waals surface area contributed by atoms with Crippen LogP contribution in [0.5, 0.6) is 0 Å². The Balaban J connectivity index is 1.76. The average Bonchev–Trinajstić information content (AvgIpc) is 3.39. The van der Waals surface area contributed by atoms with Crippen molar-refractivity contribution in [1.29, 1.82) is 0 Å². The number of alkyl halides is 5. The molecule has 2 fully saturated rings. The van der Waals surface area contributed by atoms with E-state index >= 15 is 0 Å². The number of halogens is 5. The van der Waals surface area contributed by atoms with E-state index in [9.17, 15) is 31.5 Å². The fourth-order valence-electron chi connectivity index (χ4n) is 4.27. The van der Waals surface area contributed by atoms with E-state index in [1.54, 1.807) is 11.8 Å². The number of pyridine rings is 1. The Kier molecular flexibility index (Phi) is 7.48. The summed E-state index contributed by atoms with van der Waals surface area (Å²) in [6.45, 7) is 3.94. The fraction of sp³-hybridized carbons (Fsp3) is 0.565. The molecule has 7 nitrogen and oxygen atoms in total. The van der Waals surface area contributed by atoms with Gasteiger partial charge in [0, 0.05) is 29.9 Å². The van der Waals surface area contributed by atoms with Crippen molar-refractivity contribution in [1.82, 2.24) is 14.9 Å². The number of anilines is 1. The number of carbonyl (C=O) groups excluding carboxylic acids is 2. The van der Waals surface area contributed by atoms with Gasteiger partial charge >= 0.3 is 12.1 Å². The van der Waals surface area contributed by atoms with Gasteiger partial charge in [0.05, 0.1) is 11.5 Å². The summed E-state index contributed by atoms with van der Waals surface area (Å²) in [6.07, 6.45) is -4.36. The van der Waals surface area contributed by atoms with E-state index in [1.165, 1.54) is 0 Å². The van der Waals surface area contributed by atoms with Crippen molar-refractivity contribution in [2.24, 2.45) is 5.92 Å². The first kappa shape index (κ1) is 26.2. The minimum atomic E-state index is -4.56. The van der Waals surface area contributed by atoms with Crippen LogP contribution in [-0.4, -0.2) is 58.2 Å². The molecule has 2 aliphatic rings. The van der Waals surface area contributed by atoms with E-state index in [0.29, 0.717) is 30.7 Å². The third kappa shape index (κ3) is 5.45. The summed E-state index contributed by atoms with van der Waals surface area (Å²) in [7, 11) is 0. The standard InChI is InChI=1S/C23H25F5N4O3S/c1-3-35-22(34)20-31-16(21(33)32-8-4-5-11(32)2)17(36-20)14-10-29-15(9-13(14)19(24)25)30-18(12-6-7-12)23(26,27)28/h9-12,18-19H,3-8H2,1-2H3,(H,29,30)/t11-,18-/m0/s1. The predicted octanol–water partition coefficient (Wildman–Crippen LogP) is 5.70. The third-order valence-corrected chi connectivity index (χ3v) is 7.33. The molecule has 0 aromatic carbocycles. The van der Waals surface area contributed by atoms with Crippen LogP contribution >= 0.6 is 11.3 Å². The zero-order valence-electron chi connectivity index (χ0n) is 19.6. The van der Waals surface area contributed by atoms with Gasteiger partial charge in [0.15, 0.2) is 0 Å². The van der Waals surface area contributed by atoms with Gasteiger partial charge in [-0.3, -0.25) is 4.79 Å². The van der Waals surface area contributed by atoms with E-state index in [4.69, 9.17) is 4.74 Å². The smallest absolute Gasteiger partial charge is 0.408 e. The highest BCUT2D eigenvalue weighted by molar-refractivity contribution is 7.17. The number of hydrogen-bond acceptors (Lipinski definition) is 7. The Morgan fingerprint density at radius 3 is 2.56 bits per heavy atom. The first-order chi connectivity index (χ1) is 17.0. The average molecular weight is 533 g/mol. The number of likely N-dealkylation sites (tertiary alicyclic amines) is 1. The molecule has 1 N–H and O–H groups in total. The fourth-order valence-corrected chi connectivity index (χ4v) is 5.26. The van der Waals surface area contributed by atoms with Gasteiger partial charge in [-0.15, -0.1) is 11.3 Å². The first-order valence-corrected chi connectivity index (χ1v) is 12.4. The van der Waals surface area contributed by atoms with Crippen LogP contribution < -0.4 is 5.32 Å². The monoisotopic (exact) mass is 532 g/mol. The van der Waals surface area contributed by atoms with Gasteiger partial charge in [-0.1, -0.05) is 0 Å². The SMILES string of the molecule is CCOC(=O)c1nc(C(=O)N2CCC[C@@H]2C)c(-c2cnc(N[C@@H](C3CC3)C(F)(F)F)cc2C(F)F)s1. The van der Waals surface area contributed by atoms with Crippen LogP contribution in [0.2, 0.25) is 0 Å². The van der Waals surface area contributed by atoms with Crippen molar-refractivity contribution >= 4 is 29.0 Å². The molecule has 1 saturated heterocycles. The molecule has 3 heterocycles. The Hall–Kier alpha value is -2.83. The number of nitrogens with one attached hydrogen (secondary N) is 1. The molecular weight excluding hydrogens is 507 g/mol. The molecule has 1 saturated carbocycles. The molecule has 2 aromatic heterocycles. The molecule has 2 atom stereocenters. The molecule has 196 valence electrons. The van der Waals surface area contributed by atoms with Crippen molar-refractivity contribution in [3.05, 3.63) is 28.5 Å². The van der Waals surface area contributed by atoms with Crippen LogP contribution in [0.15, 0.2) is 12.3 Å². The van der Waals surface area contributed by atoms with E-state index in [-0.39, 0.29) is 39.6 Å². The normalized spacial score (nSPS) is 19.0. The molecule has 13 heteroatoms. The Labute approximate surface area is 208 Å². The molecule has 0 bridgehead atoms. The second kappa shape index (κ2) is 10.3. The Morgan fingerprint density at radius 1 is 1.28 bits per heavy atom. The van der Waals surface area contributed by atoms with Crippen LogP contribution in [0.4, 0.5) is 27.8 Å². The molecule has 4 rings (SSSR count). The van der Waals surface area contributed by atoms with Crippen molar-refractivity contribution in [2.75, 3.05) is 18.5 Å². The lowest BCUT2D eigenvalue weighted by Gasteiger charge is -2.23. The second-order valence-corrected chi connectivity index (χ2v) is 9.86. The molecule has 0 radical (unpaired) electrons. The first-order valence-electron chi connectivity index (χ1n) is 11.6. The highest BCUT2D eigenvalue weighted by Gasteiger charge is 2.49. The summed E-state index contributed by atoms with van der Waals surface area (Å²) in [5.74, 6) is -2.31. The highest BCUT2D eigenvalue weighted by Crippen LogP contribution is 2.43. The van der Waals surface area contributed by atoms with Gasteiger partial charge in [0.2, 0.25) is 5.01 Å². The lowest BCUT2D eigenvalue weighted by molar-refractivity contribution is -0.146. The molecule has 0 unspecified atom stereocenters. The maximum absolute atomic E-state index is 14.1. The van der Waals surface area contributed by atoms with Gasteiger partial charge in [-0.2, -0.15) is 13.2 Å². The molecular formula is C23H25F5N4O3S. The summed E-state index contributed by atoms with van der Waals surface area (Å²) in [4.78, 5) is 35.3. The van der Waals surface area contributed by atoms with Gasteiger partial charge in [-0.05, 0) is 51.5 Å². The predicted molar refractivity (Wildman–Crippen MR) is 122 cm³/mol. The molecule has 36 heavy (non-hydrogen) atoms. The zero-order chi connectivity index (χ0) is 26.2. The number of hydrogen-bond donors (Lipinski definition) is 1. The van der Waals surface area contributed by atoms with E-state index in [1.807, 2.05) is 6.92 Å². The van der Waals surface area contributed by atoms with Crippen molar-refractivity contribution < 1.29 is 36.3 Å². The van der Waals surface area contributed by atoms with Crippen LogP contribution in [0, 0.1) is 5.92 Å². The van der Waals surface area contributed by atoms with Crippen LogP contribution in [0.3, 0.4) is 0 Å². The van der Waals surface area contributed by atoms with Gasteiger partial charge in [-0.25, -0.2) is 23.5 Å². The van der Waals surface area contributed by atoms with Crippen LogP contribution in [-0.2, 0) is 4.74 Å². The summed E-state index contributed by atoms with van der Waals surface area (Å²) >= 11 is 0.713. The number of rotatable bonds is 8. The number of esters is 1. The van der Waals surface area contributed by atoms with Gasteiger partial charge in [0.1, 0.15) is 17.6 Å². The molecule has 1 aliphatic heterocycles. The highest BCUT2D eigenvalue weighted by atomic mass is 32.1. The summed E-state index contributed by atoms with van der Waals surface area (Å²) in [5.41, 5.74) is -0.979. The Morgan fingerprint density at radius 2 is 2.00 bits per heavy atom. The topological polar surface area (TPSA) is 84.4 Å². The van der Waals surface area contributed by atoms with Crippen LogP contribution in [0.1, 0.15) is 71.8 Å². The van der Waals surface area contributed by atoms with E-state index < -0.39 is 42.0 Å². The van der Waals surface area contributed by atoms with Crippen molar-refractivity contribution in [2.45, 2.75) is 64.2 Å². The lowest BCUT2D eigenvalue weighted by atomic mass is 10.1. The number of ether oxygens (including phenoxy) is 1. The quantitative estimate of drug-likeness (QED) is 0.347. The van der Waals surface area contributed by atoms with E-state index in [2.05, 4.69) is 15.3 Å². The van der Waals surface area contributed by atoms with Crippen LogP contribution in [0.25, 0.3) is 10.4 Å². The van der Waals surface area contributed by atoms with Gasteiger partial charge < -0.3 is 15.0 Å². The maximum atomic E-state index is 14.1. The minimum Gasteiger partial charge on any atom is -0.461 e. The van der Waals surface area contributed by atoms with Crippen molar-refractivity contribution in [3.8, 4) is 10.4 Å². The number of carbonyl (C=O) groups is 2. The largest absolute Gasteiger partial charge is 0.461 e. The molecule has 1 amide bonds.